The van der Waals surface area contributed by atoms with Crippen LogP contribution in [0.15, 0.2) is 0 Å². The summed E-state index contributed by atoms with van der Waals surface area (Å²) in [6.45, 7) is 3.36. The quantitative estimate of drug-likeness (QED) is 0.715. The van der Waals surface area contributed by atoms with Crippen LogP contribution in [0.2, 0.25) is 0 Å². The molecule has 0 aromatic carbocycles. The smallest absolute Gasteiger partial charge is 0.154 e. The van der Waals surface area contributed by atoms with Crippen LogP contribution < -0.4 is 0 Å². The monoisotopic (exact) mass is 245 g/mol. The van der Waals surface area contributed by atoms with E-state index >= 15 is 0 Å². The van der Waals surface area contributed by atoms with Crippen molar-refractivity contribution in [1.29, 1.82) is 0 Å². The molecule has 0 N–H and O–H groups in total. The summed E-state index contributed by atoms with van der Waals surface area (Å²) in [6.07, 6.45) is 2.75. The number of Topliss-reactive ketones (excluding diaryl/α,β-unsaturated/α-hetero) is 1. The van der Waals surface area contributed by atoms with Gasteiger partial charge in [0.1, 0.15) is 5.78 Å². The highest BCUT2D eigenvalue weighted by atomic mass is 32.2. The van der Waals surface area contributed by atoms with Gasteiger partial charge in [0.05, 0.1) is 11.0 Å². The first-order valence-electron chi connectivity index (χ1n) is 5.96. The lowest BCUT2D eigenvalue weighted by Crippen LogP contribution is -2.45. The first-order chi connectivity index (χ1) is 7.49. The van der Waals surface area contributed by atoms with Crippen LogP contribution in [-0.2, 0) is 14.6 Å². The van der Waals surface area contributed by atoms with Crippen LogP contribution in [0.25, 0.3) is 0 Å². The van der Waals surface area contributed by atoms with Gasteiger partial charge in [0.15, 0.2) is 9.84 Å². The maximum absolute atomic E-state index is 11.7. The lowest BCUT2D eigenvalue weighted by molar-refractivity contribution is -0.122. The van der Waals surface area contributed by atoms with Crippen molar-refractivity contribution in [2.45, 2.75) is 43.9 Å². The summed E-state index contributed by atoms with van der Waals surface area (Å²) in [5.74, 6) is 0.650. The highest BCUT2D eigenvalue weighted by Gasteiger charge is 2.34. The molecule has 2 fully saturated rings. The molecule has 2 heterocycles. The van der Waals surface area contributed by atoms with E-state index in [1.807, 2.05) is 6.92 Å². The van der Waals surface area contributed by atoms with Crippen LogP contribution >= 0.6 is 0 Å². The van der Waals surface area contributed by atoms with Crippen molar-refractivity contribution in [2.75, 3.05) is 18.8 Å². The average molecular weight is 245 g/mol. The second kappa shape index (κ2) is 4.45. The molecule has 92 valence electrons. The van der Waals surface area contributed by atoms with Gasteiger partial charge >= 0.3 is 0 Å². The van der Waals surface area contributed by atoms with Crippen LogP contribution in [0.5, 0.6) is 0 Å². The molecular formula is C11H19NO3S. The Morgan fingerprint density at radius 1 is 1.44 bits per heavy atom. The zero-order valence-corrected chi connectivity index (χ0v) is 10.5. The zero-order chi connectivity index (χ0) is 11.8. The van der Waals surface area contributed by atoms with Crippen LogP contribution in [0.1, 0.15) is 32.6 Å². The first kappa shape index (κ1) is 12.0. The van der Waals surface area contributed by atoms with E-state index in [9.17, 15) is 13.2 Å². The Kier molecular flexibility index (Phi) is 3.35. The Hall–Kier alpha value is -0.420. The van der Waals surface area contributed by atoms with Crippen molar-refractivity contribution in [3.8, 4) is 0 Å². The summed E-state index contributed by atoms with van der Waals surface area (Å²) >= 11 is 0. The number of carbonyl (C=O) groups excluding carboxylic acids is 1. The average Bonchev–Trinajstić information content (AvgIpc) is 2.50. The van der Waals surface area contributed by atoms with Gasteiger partial charge in [-0.2, -0.15) is 0 Å². The van der Waals surface area contributed by atoms with Gasteiger partial charge in [0.2, 0.25) is 0 Å². The van der Waals surface area contributed by atoms with Crippen LogP contribution in [0.3, 0.4) is 0 Å². The molecule has 0 bridgehead atoms. The molecular weight excluding hydrogens is 226 g/mol. The number of likely N-dealkylation sites (tertiary alicyclic amines) is 1. The molecule has 0 spiro atoms. The second-order valence-electron chi connectivity index (χ2n) is 4.97. The van der Waals surface area contributed by atoms with Crippen molar-refractivity contribution in [3.05, 3.63) is 0 Å². The number of sulfone groups is 1. The summed E-state index contributed by atoms with van der Waals surface area (Å²) < 4.78 is 23.4. The number of rotatable bonds is 2. The standard InChI is InChI=1S/C11H19NO3S/c1-9-7-10(13)4-5-12(9)8-11-3-2-6-16(11,14)15/h9,11H,2-8H2,1H3. The van der Waals surface area contributed by atoms with Gasteiger partial charge in [0.25, 0.3) is 0 Å². The van der Waals surface area contributed by atoms with Crippen LogP contribution in [0, 0.1) is 0 Å². The highest BCUT2D eigenvalue weighted by molar-refractivity contribution is 7.92. The number of hydrogen-bond acceptors (Lipinski definition) is 4. The maximum Gasteiger partial charge on any atom is 0.154 e. The van der Waals surface area contributed by atoms with E-state index in [0.29, 0.717) is 30.9 Å². The van der Waals surface area contributed by atoms with Gasteiger partial charge in [-0.3, -0.25) is 9.69 Å². The summed E-state index contributed by atoms with van der Waals surface area (Å²) in [4.78, 5) is 13.4. The molecule has 5 heteroatoms. The number of nitrogens with zero attached hydrogens (tertiary/aromatic N) is 1. The third-order valence-corrected chi connectivity index (χ3v) is 5.98. The molecule has 0 amide bonds. The third kappa shape index (κ3) is 2.46. The molecule has 0 saturated carbocycles. The molecule has 2 aliphatic heterocycles. The van der Waals surface area contributed by atoms with Crippen molar-refractivity contribution in [1.82, 2.24) is 4.90 Å². The predicted octanol–water partition coefficient (Wildman–Crippen LogP) is 0.617. The topological polar surface area (TPSA) is 54.5 Å². The van der Waals surface area contributed by atoms with E-state index in [1.165, 1.54) is 0 Å². The number of piperidine rings is 1. The Bertz CT molecular complexity index is 377. The number of hydrogen-bond donors (Lipinski definition) is 0. The third-order valence-electron chi connectivity index (χ3n) is 3.73. The van der Waals surface area contributed by atoms with Gasteiger partial charge in [-0.1, -0.05) is 0 Å². The Balaban J connectivity index is 1.97. The summed E-state index contributed by atoms with van der Waals surface area (Å²) in [5.41, 5.74) is 0. The molecule has 4 nitrogen and oxygen atoms in total. The largest absolute Gasteiger partial charge is 0.300 e. The number of ketones is 1. The highest BCUT2D eigenvalue weighted by Crippen LogP contribution is 2.23. The van der Waals surface area contributed by atoms with E-state index in [1.54, 1.807) is 0 Å². The molecule has 0 aromatic heterocycles. The van der Waals surface area contributed by atoms with Gasteiger partial charge < -0.3 is 0 Å². The lowest BCUT2D eigenvalue weighted by Gasteiger charge is -2.34. The van der Waals surface area contributed by atoms with E-state index in [4.69, 9.17) is 0 Å². The summed E-state index contributed by atoms with van der Waals surface area (Å²) in [5, 5.41) is -0.192. The molecule has 0 radical (unpaired) electrons. The molecule has 2 atom stereocenters. The van der Waals surface area contributed by atoms with Crippen molar-refractivity contribution in [3.63, 3.8) is 0 Å². The molecule has 2 rings (SSSR count). The normalized spacial score (nSPS) is 35.4. The van der Waals surface area contributed by atoms with Gasteiger partial charge in [-0.05, 0) is 19.8 Å². The van der Waals surface area contributed by atoms with E-state index in [0.717, 1.165) is 19.4 Å². The van der Waals surface area contributed by atoms with Gasteiger partial charge in [0, 0.05) is 32.0 Å². The zero-order valence-electron chi connectivity index (χ0n) is 9.68. The number of carbonyl (C=O) groups is 1. The first-order valence-corrected chi connectivity index (χ1v) is 7.68. The van der Waals surface area contributed by atoms with Crippen molar-refractivity contribution < 1.29 is 13.2 Å². The van der Waals surface area contributed by atoms with E-state index in [2.05, 4.69) is 4.90 Å². The Labute approximate surface area is 96.9 Å². The van der Waals surface area contributed by atoms with Gasteiger partial charge in [-0.25, -0.2) is 8.42 Å². The molecule has 16 heavy (non-hydrogen) atoms. The van der Waals surface area contributed by atoms with E-state index < -0.39 is 9.84 Å². The molecule has 0 aromatic rings. The fourth-order valence-corrected chi connectivity index (χ4v) is 4.49. The fraction of sp³-hybridized carbons (Fsp3) is 0.909. The van der Waals surface area contributed by atoms with Crippen LogP contribution in [0.4, 0.5) is 0 Å². The lowest BCUT2D eigenvalue weighted by atomic mass is 10.0. The summed E-state index contributed by atoms with van der Waals surface area (Å²) in [6, 6.07) is 0.206. The van der Waals surface area contributed by atoms with Crippen molar-refractivity contribution >= 4 is 15.6 Å². The minimum Gasteiger partial charge on any atom is -0.300 e. The maximum atomic E-state index is 11.7. The predicted molar refractivity (Wildman–Crippen MR) is 62.1 cm³/mol. The Morgan fingerprint density at radius 2 is 2.19 bits per heavy atom. The minimum absolute atomic E-state index is 0.192. The van der Waals surface area contributed by atoms with E-state index in [-0.39, 0.29) is 11.3 Å². The molecule has 0 aliphatic carbocycles. The van der Waals surface area contributed by atoms with Crippen molar-refractivity contribution in [2.24, 2.45) is 0 Å². The molecule has 2 unspecified atom stereocenters. The second-order valence-corrected chi connectivity index (χ2v) is 7.37. The molecule has 2 aliphatic rings. The SMILES string of the molecule is CC1CC(=O)CCN1CC1CCCS1(=O)=O. The van der Waals surface area contributed by atoms with Crippen LogP contribution in [-0.4, -0.2) is 49.2 Å². The summed E-state index contributed by atoms with van der Waals surface area (Å²) in [7, 11) is -2.85. The minimum atomic E-state index is -2.85. The Morgan fingerprint density at radius 3 is 2.75 bits per heavy atom. The van der Waals surface area contributed by atoms with Gasteiger partial charge in [-0.15, -0.1) is 0 Å². The molecule has 2 saturated heterocycles. The fourth-order valence-electron chi connectivity index (χ4n) is 2.65.